The van der Waals surface area contributed by atoms with Crippen molar-refractivity contribution < 1.29 is 14.6 Å². The summed E-state index contributed by atoms with van der Waals surface area (Å²) in [6.45, 7) is 12.9. The highest BCUT2D eigenvalue weighted by Crippen LogP contribution is 2.40. The second-order valence-corrected chi connectivity index (χ2v) is 11.7. The molecule has 5 nitrogen and oxygen atoms in total. The summed E-state index contributed by atoms with van der Waals surface area (Å²) in [5.74, 6) is 0.741. The van der Waals surface area contributed by atoms with Gasteiger partial charge in [-0.25, -0.2) is 5.43 Å². The molecule has 0 heterocycles. The fourth-order valence-electron chi connectivity index (χ4n) is 3.92. The Morgan fingerprint density at radius 1 is 0.946 bits per heavy atom. The standard InChI is InChI=1S/C31H37ClN2O3/c1-30(2,3)24-16-22(17-25(29(24)36)31(4,5)6)13-15-28(35)34-33-19-23-12-14-27(26(32)18-23)37-20-21-10-8-7-9-11-21/h7-12,14,16-19,36H,13,15,20H2,1-6H3,(H,34,35)/b33-19-. The van der Waals surface area contributed by atoms with E-state index in [9.17, 15) is 9.90 Å². The molecule has 37 heavy (non-hydrogen) atoms. The average Bonchev–Trinajstić information content (AvgIpc) is 2.82. The Labute approximate surface area is 225 Å². The number of carbonyl (C=O) groups is 1. The molecule has 0 aromatic heterocycles. The van der Waals surface area contributed by atoms with Crippen LogP contribution in [0.25, 0.3) is 0 Å². The van der Waals surface area contributed by atoms with E-state index in [2.05, 4.69) is 52.1 Å². The molecule has 3 aromatic rings. The number of ether oxygens (including phenoxy) is 1. The number of nitrogens with one attached hydrogen (secondary N) is 1. The van der Waals surface area contributed by atoms with Gasteiger partial charge in [0.05, 0.1) is 11.2 Å². The van der Waals surface area contributed by atoms with Crippen LogP contribution in [0.15, 0.2) is 65.8 Å². The number of halogens is 1. The van der Waals surface area contributed by atoms with E-state index < -0.39 is 0 Å². The molecule has 1 amide bonds. The van der Waals surface area contributed by atoms with Gasteiger partial charge in [0, 0.05) is 6.42 Å². The average molecular weight is 521 g/mol. The number of nitrogens with zero attached hydrogens (tertiary/aromatic N) is 1. The third-order valence-corrected chi connectivity index (χ3v) is 6.32. The molecule has 6 heteroatoms. The molecular formula is C31H37ClN2O3. The second kappa shape index (κ2) is 11.8. The Kier molecular flexibility index (Phi) is 9.03. The fraction of sp³-hybridized carbons (Fsp3) is 0.355. The number of phenols is 1. The number of carbonyl (C=O) groups excluding carboxylic acids is 1. The molecule has 0 bridgehead atoms. The summed E-state index contributed by atoms with van der Waals surface area (Å²) in [5, 5.41) is 15.4. The Bertz CT molecular complexity index is 1220. The molecule has 0 aliphatic heterocycles. The number of hydrogen-bond donors (Lipinski definition) is 2. The van der Waals surface area contributed by atoms with E-state index in [-0.39, 0.29) is 23.2 Å². The minimum absolute atomic E-state index is 0.187. The number of hydrazone groups is 1. The Hall–Kier alpha value is -3.31. The zero-order chi connectivity index (χ0) is 27.2. The fourth-order valence-corrected chi connectivity index (χ4v) is 4.17. The molecule has 3 aromatic carbocycles. The molecule has 196 valence electrons. The van der Waals surface area contributed by atoms with Gasteiger partial charge in [-0.3, -0.25) is 4.79 Å². The van der Waals surface area contributed by atoms with Crippen molar-refractivity contribution >= 4 is 23.7 Å². The van der Waals surface area contributed by atoms with Crippen LogP contribution in [-0.4, -0.2) is 17.2 Å². The maximum atomic E-state index is 12.5. The van der Waals surface area contributed by atoms with Gasteiger partial charge in [-0.2, -0.15) is 5.10 Å². The zero-order valence-corrected chi connectivity index (χ0v) is 23.3. The van der Waals surface area contributed by atoms with Crippen LogP contribution in [0, 0.1) is 0 Å². The van der Waals surface area contributed by atoms with E-state index in [4.69, 9.17) is 16.3 Å². The van der Waals surface area contributed by atoms with Crippen molar-refractivity contribution in [3.05, 3.63) is 93.5 Å². The first-order valence-corrected chi connectivity index (χ1v) is 12.9. The lowest BCUT2D eigenvalue weighted by Gasteiger charge is -2.28. The van der Waals surface area contributed by atoms with Crippen molar-refractivity contribution in [1.82, 2.24) is 5.43 Å². The lowest BCUT2D eigenvalue weighted by molar-refractivity contribution is -0.121. The number of rotatable bonds is 8. The molecule has 0 spiro atoms. The predicted molar refractivity (Wildman–Crippen MR) is 152 cm³/mol. The van der Waals surface area contributed by atoms with Gasteiger partial charge in [0.1, 0.15) is 18.1 Å². The van der Waals surface area contributed by atoms with Crippen LogP contribution < -0.4 is 10.2 Å². The molecule has 0 aliphatic carbocycles. The van der Waals surface area contributed by atoms with Crippen molar-refractivity contribution in [2.45, 2.75) is 71.8 Å². The van der Waals surface area contributed by atoms with Crippen molar-refractivity contribution in [3.63, 3.8) is 0 Å². The number of hydrogen-bond acceptors (Lipinski definition) is 4. The topological polar surface area (TPSA) is 70.9 Å². The van der Waals surface area contributed by atoms with Crippen LogP contribution in [0.5, 0.6) is 11.5 Å². The molecule has 2 N–H and O–H groups in total. The maximum absolute atomic E-state index is 12.5. The van der Waals surface area contributed by atoms with Crippen molar-refractivity contribution in [3.8, 4) is 11.5 Å². The molecule has 0 fully saturated rings. The second-order valence-electron chi connectivity index (χ2n) is 11.3. The highest BCUT2D eigenvalue weighted by molar-refractivity contribution is 6.32. The number of benzene rings is 3. The summed E-state index contributed by atoms with van der Waals surface area (Å²) < 4.78 is 5.80. The lowest BCUT2D eigenvalue weighted by Crippen LogP contribution is -2.20. The molecule has 3 rings (SSSR count). The number of aryl methyl sites for hydroxylation is 1. The van der Waals surface area contributed by atoms with Gasteiger partial charge in [-0.1, -0.05) is 95.6 Å². The van der Waals surface area contributed by atoms with Gasteiger partial charge in [-0.05, 0) is 63.3 Å². The first kappa shape index (κ1) is 28.3. The van der Waals surface area contributed by atoms with Gasteiger partial charge in [0.25, 0.3) is 0 Å². The molecule has 0 atom stereocenters. The third kappa shape index (κ3) is 8.09. The van der Waals surface area contributed by atoms with Gasteiger partial charge in [0.15, 0.2) is 0 Å². The Morgan fingerprint density at radius 3 is 2.14 bits per heavy atom. The first-order valence-electron chi connectivity index (χ1n) is 12.5. The maximum Gasteiger partial charge on any atom is 0.240 e. The highest BCUT2D eigenvalue weighted by atomic mass is 35.5. The SMILES string of the molecule is CC(C)(C)c1cc(CCC(=O)N/N=C\c2ccc(OCc3ccccc3)c(Cl)c2)cc(C(C)(C)C)c1O. The van der Waals surface area contributed by atoms with E-state index in [0.29, 0.717) is 29.5 Å². The number of aromatic hydroxyl groups is 1. The summed E-state index contributed by atoms with van der Waals surface area (Å²) in [7, 11) is 0. The van der Waals surface area contributed by atoms with E-state index in [1.54, 1.807) is 18.3 Å². The van der Waals surface area contributed by atoms with Crippen molar-refractivity contribution in [2.75, 3.05) is 0 Å². The molecule has 0 saturated heterocycles. The van der Waals surface area contributed by atoms with Crippen molar-refractivity contribution in [1.29, 1.82) is 0 Å². The summed E-state index contributed by atoms with van der Waals surface area (Å²) in [4.78, 5) is 12.5. The van der Waals surface area contributed by atoms with Crippen molar-refractivity contribution in [2.24, 2.45) is 5.10 Å². The Morgan fingerprint density at radius 2 is 1.57 bits per heavy atom. The van der Waals surface area contributed by atoms with Crippen LogP contribution in [0.2, 0.25) is 5.02 Å². The summed E-state index contributed by atoms with van der Waals surface area (Å²) in [5.41, 5.74) is 6.77. The van der Waals surface area contributed by atoms with Crippen LogP contribution in [0.3, 0.4) is 0 Å². The monoisotopic (exact) mass is 520 g/mol. The molecule has 0 aliphatic rings. The van der Waals surface area contributed by atoms with Crippen LogP contribution >= 0.6 is 11.6 Å². The smallest absolute Gasteiger partial charge is 0.240 e. The van der Waals surface area contributed by atoms with Crippen LogP contribution in [0.1, 0.15) is 75.8 Å². The first-order chi connectivity index (χ1) is 17.3. The van der Waals surface area contributed by atoms with E-state index in [1.807, 2.05) is 48.5 Å². The summed E-state index contributed by atoms with van der Waals surface area (Å²) in [6.07, 6.45) is 2.39. The minimum atomic E-state index is -0.212. The van der Waals surface area contributed by atoms with Gasteiger partial charge >= 0.3 is 0 Å². The zero-order valence-electron chi connectivity index (χ0n) is 22.6. The number of amides is 1. The van der Waals surface area contributed by atoms with E-state index in [1.165, 1.54) is 0 Å². The quantitative estimate of drug-likeness (QED) is 0.242. The molecular weight excluding hydrogens is 484 g/mol. The van der Waals surface area contributed by atoms with Crippen LogP contribution in [-0.2, 0) is 28.7 Å². The van der Waals surface area contributed by atoms with Crippen LogP contribution in [0.4, 0.5) is 0 Å². The predicted octanol–water partition coefficient (Wildman–Crippen LogP) is 7.30. The number of phenolic OH excluding ortho intramolecular Hbond substituents is 1. The van der Waals surface area contributed by atoms with Gasteiger partial charge < -0.3 is 9.84 Å². The molecule has 0 saturated carbocycles. The van der Waals surface area contributed by atoms with E-state index in [0.717, 1.165) is 27.8 Å². The highest BCUT2D eigenvalue weighted by Gasteiger charge is 2.26. The molecule has 0 unspecified atom stereocenters. The summed E-state index contributed by atoms with van der Waals surface area (Å²) in [6, 6.07) is 19.3. The largest absolute Gasteiger partial charge is 0.507 e. The van der Waals surface area contributed by atoms with Gasteiger partial charge in [-0.15, -0.1) is 0 Å². The van der Waals surface area contributed by atoms with Gasteiger partial charge in [0.2, 0.25) is 5.91 Å². The summed E-state index contributed by atoms with van der Waals surface area (Å²) >= 11 is 6.36. The lowest BCUT2D eigenvalue weighted by atomic mass is 9.78. The normalized spacial score (nSPS) is 12.1. The third-order valence-electron chi connectivity index (χ3n) is 6.02. The van der Waals surface area contributed by atoms with E-state index >= 15 is 0 Å². The molecule has 0 radical (unpaired) electrons. The minimum Gasteiger partial charge on any atom is -0.507 e. The Balaban J connectivity index is 1.58.